The van der Waals surface area contributed by atoms with Crippen LogP contribution in [0, 0.1) is 11.8 Å². The van der Waals surface area contributed by atoms with Gasteiger partial charge in [-0.2, -0.15) is 0 Å². The van der Waals surface area contributed by atoms with E-state index in [1.54, 1.807) is 13.8 Å². The number of rotatable bonds is 3. The highest BCUT2D eigenvalue weighted by Crippen LogP contribution is 2.13. The average molecular weight is 316 g/mol. The summed E-state index contributed by atoms with van der Waals surface area (Å²) in [6, 6.07) is 7.42. The summed E-state index contributed by atoms with van der Waals surface area (Å²) in [6.45, 7) is 6.19. The van der Waals surface area contributed by atoms with Crippen LogP contribution in [0.25, 0.3) is 0 Å². The van der Waals surface area contributed by atoms with Crippen LogP contribution >= 0.6 is 0 Å². The third-order valence-corrected chi connectivity index (χ3v) is 3.89. The SMILES string of the molecule is CN1CCN(Cc2ccc(C#CC(C)(C)O)cc2)CC1C(=O)O. The lowest BCUT2D eigenvalue weighted by Gasteiger charge is -2.37. The normalized spacial score (nSPS) is 19.9. The average Bonchev–Trinajstić information content (AvgIpc) is 2.47. The minimum Gasteiger partial charge on any atom is -0.480 e. The number of aliphatic carboxylic acids is 1. The van der Waals surface area contributed by atoms with Crippen molar-refractivity contribution in [1.82, 2.24) is 9.80 Å². The number of carboxylic acid groups (broad SMARTS) is 1. The second kappa shape index (κ2) is 7.14. The standard InChI is InChI=1S/C18H24N2O3/c1-18(2,23)9-8-14-4-6-15(7-5-14)12-20-11-10-19(3)16(13-20)17(21)22/h4-7,16,23H,10-13H2,1-3H3,(H,21,22). The van der Waals surface area contributed by atoms with Crippen LogP contribution in [-0.2, 0) is 11.3 Å². The zero-order valence-corrected chi connectivity index (χ0v) is 13.9. The van der Waals surface area contributed by atoms with Crippen molar-refractivity contribution in [2.45, 2.75) is 32.0 Å². The second-order valence-corrected chi connectivity index (χ2v) is 6.58. The first-order valence-electron chi connectivity index (χ1n) is 7.74. The van der Waals surface area contributed by atoms with Crippen LogP contribution in [0.5, 0.6) is 0 Å². The third kappa shape index (κ3) is 5.36. The van der Waals surface area contributed by atoms with Gasteiger partial charge in [0.1, 0.15) is 11.6 Å². The fourth-order valence-corrected chi connectivity index (χ4v) is 2.52. The first-order chi connectivity index (χ1) is 10.7. The molecule has 124 valence electrons. The molecule has 1 atom stereocenters. The van der Waals surface area contributed by atoms with Crippen LogP contribution in [0.4, 0.5) is 0 Å². The Morgan fingerprint density at radius 2 is 1.96 bits per heavy atom. The number of likely N-dealkylation sites (N-methyl/N-ethyl adjacent to an activating group) is 1. The molecule has 1 unspecified atom stereocenters. The summed E-state index contributed by atoms with van der Waals surface area (Å²) < 4.78 is 0. The lowest BCUT2D eigenvalue weighted by Crippen LogP contribution is -2.54. The number of carboxylic acids is 1. The van der Waals surface area contributed by atoms with Gasteiger partial charge in [-0.25, -0.2) is 0 Å². The van der Waals surface area contributed by atoms with Gasteiger partial charge in [0.25, 0.3) is 0 Å². The third-order valence-electron chi connectivity index (χ3n) is 3.89. The van der Waals surface area contributed by atoms with Crippen molar-refractivity contribution in [3.8, 4) is 11.8 Å². The Hall–Kier alpha value is -1.87. The first kappa shape index (κ1) is 17.5. The van der Waals surface area contributed by atoms with Gasteiger partial charge in [0.05, 0.1) is 0 Å². The molecule has 1 fully saturated rings. The van der Waals surface area contributed by atoms with E-state index in [0.29, 0.717) is 6.54 Å². The number of benzene rings is 1. The van der Waals surface area contributed by atoms with Crippen molar-refractivity contribution < 1.29 is 15.0 Å². The quantitative estimate of drug-likeness (QED) is 0.815. The fourth-order valence-electron chi connectivity index (χ4n) is 2.52. The molecule has 0 bridgehead atoms. The van der Waals surface area contributed by atoms with E-state index in [9.17, 15) is 15.0 Å². The molecule has 1 heterocycles. The molecule has 2 rings (SSSR count). The van der Waals surface area contributed by atoms with E-state index in [1.165, 1.54) is 0 Å². The minimum atomic E-state index is -0.996. The van der Waals surface area contributed by atoms with Gasteiger partial charge in [0, 0.05) is 31.7 Å². The van der Waals surface area contributed by atoms with Crippen molar-refractivity contribution in [1.29, 1.82) is 0 Å². The fraction of sp³-hybridized carbons (Fsp3) is 0.500. The predicted molar refractivity (Wildman–Crippen MR) is 88.9 cm³/mol. The molecule has 2 N–H and O–H groups in total. The second-order valence-electron chi connectivity index (χ2n) is 6.58. The number of nitrogens with zero attached hydrogens (tertiary/aromatic N) is 2. The van der Waals surface area contributed by atoms with Gasteiger partial charge in [-0.1, -0.05) is 24.0 Å². The van der Waals surface area contributed by atoms with Gasteiger partial charge in [-0.3, -0.25) is 14.6 Å². The molecule has 23 heavy (non-hydrogen) atoms. The Bertz CT molecular complexity index is 608. The Morgan fingerprint density at radius 3 is 2.52 bits per heavy atom. The Morgan fingerprint density at radius 1 is 1.30 bits per heavy atom. The smallest absolute Gasteiger partial charge is 0.322 e. The van der Waals surface area contributed by atoms with Crippen molar-refractivity contribution in [2.75, 3.05) is 26.7 Å². The molecule has 0 spiro atoms. The van der Waals surface area contributed by atoms with E-state index in [4.69, 9.17) is 0 Å². The summed E-state index contributed by atoms with van der Waals surface area (Å²) in [7, 11) is 1.85. The molecule has 1 saturated heterocycles. The summed E-state index contributed by atoms with van der Waals surface area (Å²) in [5, 5.41) is 18.9. The number of hydrogen-bond donors (Lipinski definition) is 2. The van der Waals surface area contributed by atoms with E-state index in [0.717, 1.165) is 30.8 Å². The van der Waals surface area contributed by atoms with E-state index >= 15 is 0 Å². The molecule has 1 aromatic rings. The lowest BCUT2D eigenvalue weighted by molar-refractivity contribution is -0.145. The zero-order valence-electron chi connectivity index (χ0n) is 13.9. The first-order valence-corrected chi connectivity index (χ1v) is 7.74. The van der Waals surface area contributed by atoms with E-state index in [-0.39, 0.29) is 0 Å². The van der Waals surface area contributed by atoms with Gasteiger partial charge in [-0.05, 0) is 38.6 Å². The summed E-state index contributed by atoms with van der Waals surface area (Å²) in [6.07, 6.45) is 0. The van der Waals surface area contributed by atoms with Crippen LogP contribution in [0.15, 0.2) is 24.3 Å². The maximum absolute atomic E-state index is 11.3. The number of piperazine rings is 1. The van der Waals surface area contributed by atoms with Crippen molar-refractivity contribution in [3.63, 3.8) is 0 Å². The molecule has 0 aliphatic carbocycles. The summed E-state index contributed by atoms with van der Waals surface area (Å²) in [5.41, 5.74) is 0.995. The molecule has 1 aliphatic heterocycles. The van der Waals surface area contributed by atoms with Crippen LogP contribution in [0.1, 0.15) is 25.0 Å². The highest BCUT2D eigenvalue weighted by atomic mass is 16.4. The number of hydrogen-bond acceptors (Lipinski definition) is 4. The van der Waals surface area contributed by atoms with Crippen molar-refractivity contribution in [2.24, 2.45) is 0 Å². The zero-order chi connectivity index (χ0) is 17.0. The van der Waals surface area contributed by atoms with Crippen molar-refractivity contribution in [3.05, 3.63) is 35.4 Å². The monoisotopic (exact) mass is 316 g/mol. The van der Waals surface area contributed by atoms with E-state index in [2.05, 4.69) is 16.7 Å². The molecule has 1 aromatic carbocycles. The predicted octanol–water partition coefficient (Wildman–Crippen LogP) is 1.01. The highest BCUT2D eigenvalue weighted by molar-refractivity contribution is 5.73. The van der Waals surface area contributed by atoms with Crippen LogP contribution in [0.3, 0.4) is 0 Å². The Balaban J connectivity index is 1.98. The maximum atomic E-state index is 11.3. The largest absolute Gasteiger partial charge is 0.480 e. The van der Waals surface area contributed by atoms with Gasteiger partial charge in [0.2, 0.25) is 0 Å². The van der Waals surface area contributed by atoms with E-state index < -0.39 is 17.6 Å². The molecular formula is C18H24N2O3. The molecule has 5 nitrogen and oxygen atoms in total. The summed E-state index contributed by atoms with van der Waals surface area (Å²) in [4.78, 5) is 15.3. The number of carbonyl (C=O) groups is 1. The molecule has 1 aliphatic rings. The van der Waals surface area contributed by atoms with Crippen LogP contribution in [-0.4, -0.2) is 64.3 Å². The number of aliphatic hydroxyl groups is 1. The topological polar surface area (TPSA) is 64.0 Å². The summed E-state index contributed by atoms with van der Waals surface area (Å²) >= 11 is 0. The molecule has 0 amide bonds. The highest BCUT2D eigenvalue weighted by Gasteiger charge is 2.29. The maximum Gasteiger partial charge on any atom is 0.322 e. The van der Waals surface area contributed by atoms with Gasteiger partial charge in [-0.15, -0.1) is 0 Å². The van der Waals surface area contributed by atoms with Gasteiger partial charge in [0.15, 0.2) is 0 Å². The molecule has 0 radical (unpaired) electrons. The van der Waals surface area contributed by atoms with Crippen molar-refractivity contribution >= 4 is 5.97 Å². The molecule has 0 saturated carbocycles. The lowest BCUT2D eigenvalue weighted by atomic mass is 10.1. The minimum absolute atomic E-state index is 0.444. The van der Waals surface area contributed by atoms with Gasteiger partial charge >= 0.3 is 5.97 Å². The molecule has 0 aromatic heterocycles. The molecular weight excluding hydrogens is 292 g/mol. The Kier molecular flexibility index (Phi) is 5.42. The van der Waals surface area contributed by atoms with Gasteiger partial charge < -0.3 is 10.2 Å². The molecule has 5 heteroatoms. The van der Waals surface area contributed by atoms with Crippen LogP contribution < -0.4 is 0 Å². The van der Waals surface area contributed by atoms with E-state index in [1.807, 2.05) is 36.2 Å². The van der Waals surface area contributed by atoms with Crippen LogP contribution in [0.2, 0.25) is 0 Å². The summed E-state index contributed by atoms with van der Waals surface area (Å²) in [5.74, 6) is 4.96. The Labute approximate surface area is 137 Å².